The molecule has 1 aliphatic rings. The molecule has 0 bridgehead atoms. The Kier molecular flexibility index (Phi) is 8.63. The Balaban J connectivity index is 1.44. The van der Waals surface area contributed by atoms with Gasteiger partial charge in [-0.1, -0.05) is 37.1 Å². The van der Waals surface area contributed by atoms with Gasteiger partial charge in [0.2, 0.25) is 26.0 Å². The van der Waals surface area contributed by atoms with E-state index >= 15 is 0 Å². The fraction of sp³-hybridized carbons (Fsp3) is 0.435. The van der Waals surface area contributed by atoms with E-state index in [1.807, 2.05) is 0 Å². The Morgan fingerprint density at radius 1 is 0.788 bits per heavy atom. The number of amides is 1. The number of carbonyl (C=O) groups is 1. The molecule has 180 valence electrons. The summed E-state index contributed by atoms with van der Waals surface area (Å²) in [6, 6.07) is 13.0. The number of nitrogens with one attached hydrogen (secondary N) is 1. The summed E-state index contributed by atoms with van der Waals surface area (Å²) < 4.78 is 49.8. The van der Waals surface area contributed by atoms with Gasteiger partial charge >= 0.3 is 0 Å². The number of benzene rings is 2. The van der Waals surface area contributed by atoms with Crippen LogP contribution in [0.15, 0.2) is 58.3 Å². The summed E-state index contributed by atoms with van der Waals surface area (Å²) in [4.78, 5) is 12.5. The Bertz CT molecular complexity index is 1140. The molecule has 0 aromatic heterocycles. The van der Waals surface area contributed by atoms with Crippen molar-refractivity contribution in [3.63, 3.8) is 0 Å². The smallest absolute Gasteiger partial charge is 0.243 e. The number of carbonyl (C=O) groups excluding carboxylic acids is 1. The Hall–Kier alpha value is -2.27. The summed E-state index contributed by atoms with van der Waals surface area (Å²) in [7, 11) is -7.18. The van der Waals surface area contributed by atoms with Gasteiger partial charge in [-0.25, -0.2) is 22.0 Å². The van der Waals surface area contributed by atoms with Crippen LogP contribution in [0, 0.1) is 0 Å². The lowest BCUT2D eigenvalue weighted by atomic mass is 10.1. The summed E-state index contributed by atoms with van der Waals surface area (Å²) in [5.41, 5.74) is 1.79. The second kappa shape index (κ2) is 11.2. The lowest BCUT2D eigenvalue weighted by Crippen LogP contribution is -2.31. The van der Waals surface area contributed by atoms with Gasteiger partial charge in [0.1, 0.15) is 0 Å². The van der Waals surface area contributed by atoms with Crippen LogP contribution < -0.4 is 10.5 Å². The van der Waals surface area contributed by atoms with E-state index in [2.05, 4.69) is 5.32 Å². The maximum atomic E-state index is 12.8. The zero-order valence-corrected chi connectivity index (χ0v) is 20.2. The van der Waals surface area contributed by atoms with E-state index in [1.54, 1.807) is 40.7 Å². The first-order valence-corrected chi connectivity index (χ1v) is 14.1. The molecule has 3 rings (SSSR count). The molecule has 0 unspecified atom stereocenters. The molecular weight excluding hydrogens is 462 g/mol. The highest BCUT2D eigenvalue weighted by Crippen LogP contribution is 2.21. The summed E-state index contributed by atoms with van der Waals surface area (Å²) in [6.45, 7) is 1.57. The number of hydrogen-bond donors (Lipinski definition) is 2. The third-order valence-corrected chi connectivity index (χ3v) is 8.60. The minimum Gasteiger partial charge on any atom is -0.356 e. The van der Waals surface area contributed by atoms with Crippen LogP contribution >= 0.6 is 0 Å². The van der Waals surface area contributed by atoms with Gasteiger partial charge in [-0.05, 0) is 61.1 Å². The van der Waals surface area contributed by atoms with Crippen LogP contribution in [0.25, 0.3) is 0 Å². The number of rotatable bonds is 9. The maximum absolute atomic E-state index is 12.8. The topological polar surface area (TPSA) is 127 Å². The highest BCUT2D eigenvalue weighted by Gasteiger charge is 2.24. The fourth-order valence-corrected chi connectivity index (χ4v) is 5.83. The summed E-state index contributed by atoms with van der Waals surface area (Å²) in [5, 5.41) is 7.93. The second-order valence-electron chi connectivity index (χ2n) is 8.25. The fourth-order valence-electron chi connectivity index (χ4n) is 3.80. The number of nitrogens with two attached hydrogens (primary N) is 1. The van der Waals surface area contributed by atoms with Crippen molar-refractivity contribution in [3.8, 4) is 0 Å². The SMILES string of the molecule is NS(=O)(=O)c1ccc(CCNC(=O)CCc2ccc(S(=O)(=O)N3CCCCCC3)cc2)cc1. The van der Waals surface area contributed by atoms with Gasteiger partial charge in [0.05, 0.1) is 9.79 Å². The van der Waals surface area contributed by atoms with Crippen LogP contribution in [-0.4, -0.2) is 46.7 Å². The zero-order chi connectivity index (χ0) is 23.9. The molecule has 0 aliphatic carbocycles. The third kappa shape index (κ3) is 7.36. The molecule has 0 saturated carbocycles. The molecular formula is C23H31N3O5S2. The molecule has 1 heterocycles. The van der Waals surface area contributed by atoms with E-state index in [0.717, 1.165) is 36.8 Å². The normalized spacial score (nSPS) is 15.7. The average molecular weight is 494 g/mol. The highest BCUT2D eigenvalue weighted by molar-refractivity contribution is 7.89. The van der Waals surface area contributed by atoms with Crippen molar-refractivity contribution in [2.45, 2.75) is 54.7 Å². The molecule has 0 radical (unpaired) electrons. The first-order valence-electron chi connectivity index (χ1n) is 11.1. The maximum Gasteiger partial charge on any atom is 0.243 e. The van der Waals surface area contributed by atoms with Crippen molar-refractivity contribution in [1.82, 2.24) is 9.62 Å². The van der Waals surface area contributed by atoms with Crippen LogP contribution in [0.4, 0.5) is 0 Å². The highest BCUT2D eigenvalue weighted by atomic mass is 32.2. The minimum atomic E-state index is -3.71. The predicted molar refractivity (Wildman–Crippen MR) is 127 cm³/mol. The Morgan fingerprint density at radius 2 is 1.30 bits per heavy atom. The standard InChI is InChI=1S/C23H31N3O5S2/c24-32(28,29)21-10-5-20(6-11-21)15-16-25-23(27)14-9-19-7-12-22(13-8-19)33(30,31)26-17-3-1-2-4-18-26/h5-8,10-13H,1-4,9,14-18H2,(H,25,27)(H2,24,28,29). The van der Waals surface area contributed by atoms with Gasteiger partial charge in [0.25, 0.3) is 0 Å². The van der Waals surface area contributed by atoms with E-state index < -0.39 is 20.0 Å². The summed E-state index contributed by atoms with van der Waals surface area (Å²) in [5.74, 6) is -0.0996. The van der Waals surface area contributed by atoms with Crippen molar-refractivity contribution < 1.29 is 21.6 Å². The molecule has 2 aromatic carbocycles. The quantitative estimate of drug-likeness (QED) is 0.554. The summed E-state index contributed by atoms with van der Waals surface area (Å²) >= 11 is 0. The van der Waals surface area contributed by atoms with E-state index in [9.17, 15) is 21.6 Å². The molecule has 2 aromatic rings. The summed E-state index contributed by atoms with van der Waals surface area (Å²) in [6.07, 6.45) is 5.30. The number of hydrogen-bond acceptors (Lipinski definition) is 5. The first kappa shape index (κ1) is 25.4. The van der Waals surface area contributed by atoms with Crippen LogP contribution in [0.2, 0.25) is 0 Å². The van der Waals surface area contributed by atoms with E-state index in [0.29, 0.717) is 43.8 Å². The van der Waals surface area contributed by atoms with Crippen molar-refractivity contribution >= 4 is 26.0 Å². The van der Waals surface area contributed by atoms with Crippen molar-refractivity contribution in [2.24, 2.45) is 5.14 Å². The second-order valence-corrected chi connectivity index (χ2v) is 11.8. The molecule has 10 heteroatoms. The largest absolute Gasteiger partial charge is 0.356 e. The minimum absolute atomic E-state index is 0.0560. The predicted octanol–water partition coefficient (Wildman–Crippen LogP) is 2.19. The molecule has 3 N–H and O–H groups in total. The van der Waals surface area contributed by atoms with E-state index in [-0.39, 0.29) is 10.8 Å². The van der Waals surface area contributed by atoms with E-state index in [4.69, 9.17) is 5.14 Å². The van der Waals surface area contributed by atoms with Crippen molar-refractivity contribution in [3.05, 3.63) is 59.7 Å². The Morgan fingerprint density at radius 3 is 1.85 bits per heavy atom. The van der Waals surface area contributed by atoms with Gasteiger partial charge in [-0.2, -0.15) is 4.31 Å². The molecule has 0 atom stereocenters. The van der Waals surface area contributed by atoms with Gasteiger partial charge in [0.15, 0.2) is 0 Å². The van der Waals surface area contributed by atoms with Crippen molar-refractivity contribution in [1.29, 1.82) is 0 Å². The molecule has 1 fully saturated rings. The monoisotopic (exact) mass is 493 g/mol. The molecule has 33 heavy (non-hydrogen) atoms. The molecule has 8 nitrogen and oxygen atoms in total. The third-order valence-electron chi connectivity index (χ3n) is 5.75. The van der Waals surface area contributed by atoms with Crippen LogP contribution in [0.1, 0.15) is 43.2 Å². The van der Waals surface area contributed by atoms with Gasteiger partial charge < -0.3 is 5.32 Å². The zero-order valence-electron chi connectivity index (χ0n) is 18.6. The number of sulfonamides is 2. The molecule has 0 spiro atoms. The molecule has 1 amide bonds. The number of nitrogens with zero attached hydrogens (tertiary/aromatic N) is 1. The lowest BCUT2D eigenvalue weighted by molar-refractivity contribution is -0.121. The van der Waals surface area contributed by atoms with Crippen LogP contribution in [0.3, 0.4) is 0 Å². The first-order chi connectivity index (χ1) is 15.7. The molecule has 1 aliphatic heterocycles. The Labute approximate surface area is 196 Å². The number of primary sulfonamides is 1. The van der Waals surface area contributed by atoms with E-state index in [1.165, 1.54) is 12.1 Å². The van der Waals surface area contributed by atoms with Crippen LogP contribution in [0.5, 0.6) is 0 Å². The van der Waals surface area contributed by atoms with Crippen LogP contribution in [-0.2, 0) is 37.7 Å². The van der Waals surface area contributed by atoms with Crippen molar-refractivity contribution in [2.75, 3.05) is 19.6 Å². The van der Waals surface area contributed by atoms with Gasteiger partial charge in [0, 0.05) is 26.1 Å². The van der Waals surface area contributed by atoms with Gasteiger partial charge in [-0.3, -0.25) is 4.79 Å². The van der Waals surface area contributed by atoms with Gasteiger partial charge in [-0.15, -0.1) is 0 Å². The average Bonchev–Trinajstić information content (AvgIpc) is 3.08. The molecule has 1 saturated heterocycles. The number of aryl methyl sites for hydroxylation is 1. The lowest BCUT2D eigenvalue weighted by Gasteiger charge is -2.20.